The Labute approximate surface area is 195 Å². The third kappa shape index (κ3) is 5.05. The van der Waals surface area contributed by atoms with Crippen molar-refractivity contribution in [1.82, 2.24) is 10.3 Å². The second-order valence-electron chi connectivity index (χ2n) is 10.3. The van der Waals surface area contributed by atoms with Gasteiger partial charge in [-0.2, -0.15) is 0 Å². The van der Waals surface area contributed by atoms with Gasteiger partial charge in [-0.3, -0.25) is 4.98 Å². The highest BCUT2D eigenvalue weighted by Gasteiger charge is 2.45. The average Bonchev–Trinajstić information content (AvgIpc) is 2.78. The third-order valence-electron chi connectivity index (χ3n) is 7.06. The molecule has 174 valence electrons. The molecule has 1 saturated heterocycles. The van der Waals surface area contributed by atoms with Crippen molar-refractivity contribution < 1.29 is 14.5 Å². The first-order valence-electron chi connectivity index (χ1n) is 12.0. The molecule has 2 aliphatic carbocycles. The molecule has 6 nitrogen and oxygen atoms in total. The first-order valence-corrected chi connectivity index (χ1v) is 12.4. The summed E-state index contributed by atoms with van der Waals surface area (Å²) in [4.78, 5) is 15.8. The van der Waals surface area contributed by atoms with Crippen molar-refractivity contribution in [2.75, 3.05) is 11.9 Å². The molecule has 3 aliphatic rings. The molecule has 32 heavy (non-hydrogen) atoms. The predicted octanol–water partition coefficient (Wildman–Crippen LogP) is 5.60. The van der Waals surface area contributed by atoms with Crippen LogP contribution in [0.2, 0.25) is 5.02 Å². The van der Waals surface area contributed by atoms with Crippen molar-refractivity contribution in [3.05, 3.63) is 35.5 Å². The van der Waals surface area contributed by atoms with Gasteiger partial charge in [-0.15, -0.1) is 0 Å². The number of ether oxygens (including phenoxy) is 1. The molecular formula is C25H34ClN3O3. The fourth-order valence-electron chi connectivity index (χ4n) is 5.27. The summed E-state index contributed by atoms with van der Waals surface area (Å²) in [6.45, 7) is 4.56. The van der Waals surface area contributed by atoms with Crippen molar-refractivity contribution in [3.63, 3.8) is 0 Å². The number of anilines is 1. The van der Waals surface area contributed by atoms with Crippen LogP contribution < -0.4 is 10.6 Å². The second kappa shape index (κ2) is 9.07. The van der Waals surface area contributed by atoms with Crippen LogP contribution >= 0.6 is 11.6 Å². The standard InChI is InChI=1S/C25H34ClN3O3/c1-24(2)16-30-25(32-31-24)11-8-18(9-12-25)28-19-4-3-5-20(15-19)29-22-10-13-27-23-14-17(26)6-7-21(22)23/h6-7,10,13-14,18-20,28H,3-5,8-9,11-12,15-16H2,1-2H3,(H,27,29). The van der Waals surface area contributed by atoms with Gasteiger partial charge in [0, 0.05) is 53.3 Å². The second-order valence-corrected chi connectivity index (χ2v) is 10.7. The van der Waals surface area contributed by atoms with E-state index in [1.807, 2.05) is 32.2 Å². The number of pyridine rings is 1. The number of hydrogen-bond acceptors (Lipinski definition) is 6. The Balaban J connectivity index is 1.15. The predicted molar refractivity (Wildman–Crippen MR) is 127 cm³/mol. The van der Waals surface area contributed by atoms with Crippen molar-refractivity contribution in [3.8, 4) is 0 Å². The molecule has 1 spiro atoms. The van der Waals surface area contributed by atoms with E-state index in [0.29, 0.717) is 24.7 Å². The lowest BCUT2D eigenvalue weighted by Gasteiger charge is -2.45. The van der Waals surface area contributed by atoms with Gasteiger partial charge in [0.05, 0.1) is 12.1 Å². The number of aromatic nitrogens is 1. The monoisotopic (exact) mass is 459 g/mol. The highest BCUT2D eigenvalue weighted by Crippen LogP contribution is 2.38. The van der Waals surface area contributed by atoms with E-state index in [4.69, 9.17) is 26.1 Å². The Morgan fingerprint density at radius 3 is 2.59 bits per heavy atom. The third-order valence-corrected chi connectivity index (χ3v) is 7.29. The maximum atomic E-state index is 6.14. The lowest BCUT2D eigenvalue weighted by Crippen LogP contribution is -2.53. The van der Waals surface area contributed by atoms with E-state index < -0.39 is 5.79 Å². The maximum absolute atomic E-state index is 6.14. The van der Waals surface area contributed by atoms with Gasteiger partial charge in [0.15, 0.2) is 0 Å². The number of nitrogens with zero attached hydrogens (tertiary/aromatic N) is 1. The minimum atomic E-state index is -0.546. The van der Waals surface area contributed by atoms with Crippen LogP contribution in [0.3, 0.4) is 0 Å². The number of fused-ring (bicyclic) bond motifs is 1. The highest BCUT2D eigenvalue weighted by molar-refractivity contribution is 6.31. The molecule has 7 heteroatoms. The zero-order chi connectivity index (χ0) is 22.2. The summed E-state index contributed by atoms with van der Waals surface area (Å²) in [6, 6.07) is 9.49. The topological polar surface area (TPSA) is 64.6 Å². The molecule has 1 aromatic heterocycles. The number of benzene rings is 1. The van der Waals surface area contributed by atoms with Crippen LogP contribution in [0.25, 0.3) is 10.9 Å². The lowest BCUT2D eigenvalue weighted by molar-refractivity contribution is -0.511. The van der Waals surface area contributed by atoms with Crippen LogP contribution in [0.4, 0.5) is 5.69 Å². The fourth-order valence-corrected chi connectivity index (χ4v) is 5.43. The van der Waals surface area contributed by atoms with Crippen LogP contribution in [-0.4, -0.2) is 41.1 Å². The minimum Gasteiger partial charge on any atom is -0.382 e. The SMILES string of the molecule is CC1(C)COC2(CCC(NC3CCCC(Nc4ccnc5cc(Cl)ccc45)C3)CC2)OO1. The van der Waals surface area contributed by atoms with Crippen LogP contribution in [0.5, 0.6) is 0 Å². The van der Waals surface area contributed by atoms with Gasteiger partial charge in [0.2, 0.25) is 5.79 Å². The van der Waals surface area contributed by atoms with Crippen molar-refractivity contribution in [2.45, 2.75) is 94.7 Å². The zero-order valence-electron chi connectivity index (χ0n) is 19.0. The smallest absolute Gasteiger partial charge is 0.201 e. The van der Waals surface area contributed by atoms with E-state index in [9.17, 15) is 0 Å². The van der Waals surface area contributed by atoms with Crippen LogP contribution in [0.15, 0.2) is 30.5 Å². The molecule has 0 bridgehead atoms. The Morgan fingerprint density at radius 1 is 1.00 bits per heavy atom. The van der Waals surface area contributed by atoms with Gasteiger partial charge in [0.25, 0.3) is 0 Å². The zero-order valence-corrected chi connectivity index (χ0v) is 19.8. The van der Waals surface area contributed by atoms with Gasteiger partial charge in [-0.25, -0.2) is 9.78 Å². The van der Waals surface area contributed by atoms with Gasteiger partial charge in [-0.1, -0.05) is 11.6 Å². The molecule has 1 aliphatic heterocycles. The highest BCUT2D eigenvalue weighted by atomic mass is 35.5. The van der Waals surface area contributed by atoms with E-state index in [2.05, 4.69) is 27.8 Å². The largest absolute Gasteiger partial charge is 0.382 e. The average molecular weight is 460 g/mol. The lowest BCUT2D eigenvalue weighted by atomic mass is 9.86. The first kappa shape index (κ1) is 22.4. The number of rotatable bonds is 4. The molecule has 1 aromatic carbocycles. The van der Waals surface area contributed by atoms with Gasteiger partial charge >= 0.3 is 0 Å². The maximum Gasteiger partial charge on any atom is 0.201 e. The minimum absolute atomic E-state index is 0.364. The van der Waals surface area contributed by atoms with E-state index in [1.54, 1.807) is 0 Å². The Kier molecular flexibility index (Phi) is 6.34. The molecule has 2 aromatic rings. The van der Waals surface area contributed by atoms with E-state index >= 15 is 0 Å². The summed E-state index contributed by atoms with van der Waals surface area (Å²) in [6.07, 6.45) is 10.5. The summed E-state index contributed by atoms with van der Waals surface area (Å²) in [5.41, 5.74) is 1.71. The quantitative estimate of drug-likeness (QED) is 0.580. The molecule has 5 rings (SSSR count). The fraction of sp³-hybridized carbons (Fsp3) is 0.640. The summed E-state index contributed by atoms with van der Waals surface area (Å²) in [5, 5.41) is 9.57. The normalized spacial score (nSPS) is 32.8. The summed E-state index contributed by atoms with van der Waals surface area (Å²) >= 11 is 6.14. The molecule has 2 saturated carbocycles. The Bertz CT molecular complexity index is 933. The Morgan fingerprint density at radius 2 is 1.81 bits per heavy atom. The Hall–Kier alpha value is -1.44. The van der Waals surface area contributed by atoms with Gasteiger partial charge in [0.1, 0.15) is 5.60 Å². The van der Waals surface area contributed by atoms with Crippen LogP contribution in [0, 0.1) is 0 Å². The van der Waals surface area contributed by atoms with Crippen LogP contribution in [0.1, 0.15) is 65.2 Å². The summed E-state index contributed by atoms with van der Waals surface area (Å²) in [5.74, 6) is -0.546. The van der Waals surface area contributed by atoms with E-state index in [0.717, 1.165) is 53.7 Å². The van der Waals surface area contributed by atoms with Gasteiger partial charge in [-0.05, 0) is 76.6 Å². The molecular weight excluding hydrogens is 426 g/mol. The molecule has 0 amide bonds. The summed E-state index contributed by atoms with van der Waals surface area (Å²) in [7, 11) is 0. The van der Waals surface area contributed by atoms with Gasteiger partial charge < -0.3 is 15.4 Å². The van der Waals surface area contributed by atoms with E-state index in [-0.39, 0.29) is 5.60 Å². The van der Waals surface area contributed by atoms with E-state index in [1.165, 1.54) is 19.3 Å². The molecule has 3 fully saturated rings. The molecule has 2 atom stereocenters. The molecule has 0 radical (unpaired) electrons. The van der Waals surface area contributed by atoms with Crippen molar-refractivity contribution >= 4 is 28.2 Å². The number of hydrogen-bond donors (Lipinski definition) is 2. The molecule has 2 heterocycles. The van der Waals surface area contributed by atoms with Crippen molar-refractivity contribution in [2.24, 2.45) is 0 Å². The first-order chi connectivity index (χ1) is 15.4. The van der Waals surface area contributed by atoms with Crippen molar-refractivity contribution in [1.29, 1.82) is 0 Å². The molecule has 2 N–H and O–H groups in total. The van der Waals surface area contributed by atoms with Crippen LogP contribution in [-0.2, 0) is 14.5 Å². The number of halogens is 1. The number of nitrogens with one attached hydrogen (secondary N) is 2. The molecule has 2 unspecified atom stereocenters. The summed E-state index contributed by atoms with van der Waals surface area (Å²) < 4.78 is 6.09.